The molecule has 2 rings (SSSR count). The Morgan fingerprint density at radius 1 is 0.864 bits per heavy atom. The van der Waals surface area contributed by atoms with Gasteiger partial charge in [0.05, 0.1) is 12.2 Å². The predicted molar refractivity (Wildman–Crippen MR) is 159 cm³/mol. The first-order valence-corrected chi connectivity index (χ1v) is 15.4. The zero-order chi connectivity index (χ0) is 32.3. The number of carbonyl (C=O) groups excluding carboxylic acids is 2. The number of unbranched alkanes of at least 4 members (excludes halogenated alkanes) is 5. The van der Waals surface area contributed by atoms with Crippen molar-refractivity contribution in [2.45, 2.75) is 122 Å². The fraction of sp³-hybridized carbons (Fsp3) is 0.677. The number of carbonyl (C=O) groups is 2. The highest BCUT2D eigenvalue weighted by Gasteiger charge is 2.40. The van der Waals surface area contributed by atoms with Crippen LogP contribution in [-0.2, 0) is 43.8 Å². The van der Waals surface area contributed by atoms with Crippen molar-refractivity contribution in [1.29, 1.82) is 0 Å². The quantitative estimate of drug-likeness (QED) is 0.0527. The Hall–Kier alpha value is -3.58. The van der Waals surface area contributed by atoms with E-state index >= 15 is 0 Å². The molecule has 2 N–H and O–H groups in total. The standard InChI is InChI=1S/C31H46N2O11/c1-2-3-4-5-8-11-26(34)16-17-28-27(29(35)19-30(28)36)12-9-6-7-10-13-31(37)42-20-23-14-15-24(21-43-32(38)39)25(18-23)22-44-33(40)41/h6,9,14-15,18,27-30,35-36H,2-5,7-8,10-13,16-17,19-22H2,1H3/t27-,28-,29+,30-/m1/s1. The van der Waals surface area contributed by atoms with Gasteiger partial charge in [0, 0.05) is 19.3 Å². The molecule has 1 aromatic carbocycles. The van der Waals surface area contributed by atoms with Crippen LogP contribution < -0.4 is 0 Å². The third-order valence-corrected chi connectivity index (χ3v) is 7.99. The number of rotatable bonds is 23. The van der Waals surface area contributed by atoms with Gasteiger partial charge >= 0.3 is 5.97 Å². The lowest BCUT2D eigenvalue weighted by Gasteiger charge is -2.22. The number of nitrogens with zero attached hydrogens (tertiary/aromatic N) is 2. The van der Waals surface area contributed by atoms with E-state index in [-0.39, 0.29) is 30.6 Å². The Bertz CT molecular complexity index is 1090. The van der Waals surface area contributed by atoms with Gasteiger partial charge in [0.2, 0.25) is 0 Å². The Morgan fingerprint density at radius 2 is 1.55 bits per heavy atom. The molecule has 0 radical (unpaired) electrons. The molecule has 0 saturated heterocycles. The van der Waals surface area contributed by atoms with Crippen LogP contribution in [0.4, 0.5) is 0 Å². The lowest BCUT2D eigenvalue weighted by molar-refractivity contribution is -0.764. The molecule has 44 heavy (non-hydrogen) atoms. The van der Waals surface area contributed by atoms with Crippen molar-refractivity contribution in [3.05, 3.63) is 67.3 Å². The van der Waals surface area contributed by atoms with Gasteiger partial charge in [-0.1, -0.05) is 63.0 Å². The number of aliphatic hydroxyl groups is 2. The summed E-state index contributed by atoms with van der Waals surface area (Å²) in [6.45, 7) is 1.23. The van der Waals surface area contributed by atoms with Crippen LogP contribution in [0.2, 0.25) is 0 Å². The van der Waals surface area contributed by atoms with E-state index in [1.54, 1.807) is 6.07 Å². The topological polar surface area (TPSA) is 189 Å². The summed E-state index contributed by atoms with van der Waals surface area (Å²) in [5.74, 6) is -0.428. The highest BCUT2D eigenvalue weighted by molar-refractivity contribution is 5.78. The van der Waals surface area contributed by atoms with Crippen LogP contribution >= 0.6 is 0 Å². The Labute approximate surface area is 257 Å². The van der Waals surface area contributed by atoms with Gasteiger partial charge in [-0.2, -0.15) is 0 Å². The number of benzene rings is 1. The molecule has 1 saturated carbocycles. The summed E-state index contributed by atoms with van der Waals surface area (Å²) in [5, 5.41) is 40.0. The lowest BCUT2D eigenvalue weighted by atomic mass is 9.86. The molecular formula is C31H46N2O11. The first-order valence-electron chi connectivity index (χ1n) is 15.4. The average Bonchev–Trinajstić information content (AvgIpc) is 3.25. The van der Waals surface area contributed by atoms with Crippen molar-refractivity contribution in [1.82, 2.24) is 0 Å². The van der Waals surface area contributed by atoms with Crippen LogP contribution in [0.15, 0.2) is 30.4 Å². The number of ether oxygens (including phenoxy) is 1. The number of esters is 1. The molecule has 246 valence electrons. The highest BCUT2D eigenvalue weighted by Crippen LogP contribution is 2.38. The van der Waals surface area contributed by atoms with Gasteiger partial charge in [0.15, 0.2) is 0 Å². The van der Waals surface area contributed by atoms with Crippen LogP contribution in [0, 0.1) is 32.1 Å². The first-order chi connectivity index (χ1) is 21.1. The average molecular weight is 623 g/mol. The van der Waals surface area contributed by atoms with Gasteiger partial charge in [-0.3, -0.25) is 9.59 Å². The number of ketones is 1. The fourth-order valence-electron chi connectivity index (χ4n) is 5.54. The molecule has 0 aliphatic heterocycles. The molecule has 0 unspecified atom stereocenters. The number of hydrogen-bond acceptors (Lipinski definition) is 11. The van der Waals surface area contributed by atoms with Gasteiger partial charge in [-0.15, -0.1) is 20.2 Å². The summed E-state index contributed by atoms with van der Waals surface area (Å²) in [6, 6.07) is 4.58. The maximum Gasteiger partial charge on any atom is 0.306 e. The van der Waals surface area contributed by atoms with E-state index in [1.165, 1.54) is 25.0 Å². The van der Waals surface area contributed by atoms with Gasteiger partial charge < -0.3 is 24.6 Å². The largest absolute Gasteiger partial charge is 0.461 e. The molecule has 1 fully saturated rings. The highest BCUT2D eigenvalue weighted by atomic mass is 17.0. The first kappa shape index (κ1) is 36.6. The van der Waals surface area contributed by atoms with Crippen LogP contribution in [0.25, 0.3) is 0 Å². The third-order valence-electron chi connectivity index (χ3n) is 7.99. The third kappa shape index (κ3) is 14.3. The summed E-state index contributed by atoms with van der Waals surface area (Å²) < 4.78 is 5.30. The molecule has 0 heterocycles. The van der Waals surface area contributed by atoms with Gasteiger partial charge in [0.1, 0.15) is 25.6 Å². The maximum absolute atomic E-state index is 12.3. The van der Waals surface area contributed by atoms with E-state index < -0.39 is 41.6 Å². The minimum absolute atomic E-state index is 0.0822. The number of aliphatic hydroxyl groups excluding tert-OH is 2. The summed E-state index contributed by atoms with van der Waals surface area (Å²) >= 11 is 0. The zero-order valence-electron chi connectivity index (χ0n) is 25.5. The molecule has 1 aliphatic rings. The van der Waals surface area contributed by atoms with E-state index in [4.69, 9.17) is 4.74 Å². The van der Waals surface area contributed by atoms with E-state index in [9.17, 15) is 40.0 Å². The van der Waals surface area contributed by atoms with Crippen LogP contribution in [-0.4, -0.2) is 44.3 Å². The van der Waals surface area contributed by atoms with E-state index in [2.05, 4.69) is 16.6 Å². The Kier molecular flexibility index (Phi) is 17.0. The van der Waals surface area contributed by atoms with Crippen molar-refractivity contribution in [3.63, 3.8) is 0 Å². The monoisotopic (exact) mass is 622 g/mol. The number of Topliss-reactive ketones (excluding diaryl/α,β-unsaturated/α-hetero) is 1. The van der Waals surface area contributed by atoms with Crippen LogP contribution in [0.1, 0.15) is 107 Å². The number of hydrogen-bond donors (Lipinski definition) is 2. The maximum atomic E-state index is 12.3. The van der Waals surface area contributed by atoms with Crippen LogP contribution in [0.3, 0.4) is 0 Å². The van der Waals surface area contributed by atoms with Crippen molar-refractivity contribution >= 4 is 11.8 Å². The van der Waals surface area contributed by atoms with E-state index in [0.717, 1.165) is 19.3 Å². The van der Waals surface area contributed by atoms with E-state index in [0.29, 0.717) is 61.6 Å². The lowest BCUT2D eigenvalue weighted by Crippen LogP contribution is -2.22. The second-order valence-corrected chi connectivity index (χ2v) is 11.3. The predicted octanol–water partition coefficient (Wildman–Crippen LogP) is 5.33. The molecule has 13 nitrogen and oxygen atoms in total. The summed E-state index contributed by atoms with van der Waals surface area (Å²) in [6.07, 6.45) is 12.0. The second kappa shape index (κ2) is 20.4. The minimum atomic E-state index is -0.975. The van der Waals surface area contributed by atoms with Crippen molar-refractivity contribution in [3.8, 4) is 0 Å². The summed E-state index contributed by atoms with van der Waals surface area (Å²) in [5.41, 5.74) is 1.16. The molecule has 13 heteroatoms. The normalized spacial score (nSPS) is 19.6. The summed E-state index contributed by atoms with van der Waals surface area (Å²) in [4.78, 5) is 54.3. The molecular weight excluding hydrogens is 576 g/mol. The molecule has 1 aliphatic carbocycles. The van der Waals surface area contributed by atoms with Crippen molar-refractivity contribution in [2.24, 2.45) is 11.8 Å². The second-order valence-electron chi connectivity index (χ2n) is 11.3. The molecule has 4 atom stereocenters. The van der Waals surface area contributed by atoms with Crippen LogP contribution in [0.5, 0.6) is 0 Å². The molecule has 1 aromatic rings. The Morgan fingerprint density at radius 3 is 2.25 bits per heavy atom. The Balaban J connectivity index is 1.72. The summed E-state index contributed by atoms with van der Waals surface area (Å²) in [7, 11) is 0. The molecule has 0 bridgehead atoms. The number of allylic oxidation sites excluding steroid dienone is 2. The zero-order valence-corrected chi connectivity index (χ0v) is 25.5. The van der Waals surface area contributed by atoms with Gasteiger partial charge in [-0.25, -0.2) is 0 Å². The SMILES string of the molecule is CCCCCCCC(=O)CC[C@@H]1[C@@H](CC=CCCCC(=O)OCc2ccc(CO[N+](=O)[O-])c(CO[N+](=O)[O-])c2)[C@@H](O)C[C@H]1O. The molecule has 0 amide bonds. The van der Waals surface area contributed by atoms with Crippen molar-refractivity contribution in [2.75, 3.05) is 0 Å². The minimum Gasteiger partial charge on any atom is -0.461 e. The smallest absolute Gasteiger partial charge is 0.306 e. The fourth-order valence-corrected chi connectivity index (χ4v) is 5.54. The van der Waals surface area contributed by atoms with Crippen molar-refractivity contribution < 1.29 is 44.4 Å². The van der Waals surface area contributed by atoms with Gasteiger partial charge in [0.25, 0.3) is 10.2 Å². The van der Waals surface area contributed by atoms with E-state index in [1.807, 2.05) is 12.2 Å². The molecule has 0 spiro atoms. The van der Waals surface area contributed by atoms with Gasteiger partial charge in [-0.05, 0) is 67.1 Å². The molecule has 0 aromatic heterocycles.